The molecule has 17 heavy (non-hydrogen) atoms. The van der Waals surface area contributed by atoms with Crippen molar-refractivity contribution in [3.8, 4) is 11.5 Å². The maximum absolute atomic E-state index is 9.86. The molecule has 0 unspecified atom stereocenters. The highest BCUT2D eigenvalue weighted by Gasteiger charge is 2.15. The van der Waals surface area contributed by atoms with E-state index in [1.54, 1.807) is 13.2 Å². The molecule has 0 aliphatic heterocycles. The lowest BCUT2D eigenvalue weighted by atomic mass is 10.2. The van der Waals surface area contributed by atoms with Crippen LogP contribution in [0.2, 0.25) is 0 Å². The normalized spacial score (nSPS) is 16.3. The first-order valence-corrected chi connectivity index (χ1v) is 6.04. The predicted octanol–water partition coefficient (Wildman–Crippen LogP) is 2.36. The van der Waals surface area contributed by atoms with E-state index in [1.165, 1.54) is 12.8 Å². The highest BCUT2D eigenvalue weighted by atomic mass is 16.7. The summed E-state index contributed by atoms with van der Waals surface area (Å²) in [6.07, 6.45) is 5.06. The molecule has 4 nitrogen and oxygen atoms in total. The number of hydroxylamine groups is 1. The second-order valence-electron chi connectivity index (χ2n) is 4.31. The zero-order valence-corrected chi connectivity index (χ0v) is 10.1. The van der Waals surface area contributed by atoms with Gasteiger partial charge in [0.15, 0.2) is 11.5 Å². The van der Waals surface area contributed by atoms with Crippen molar-refractivity contribution in [1.82, 2.24) is 5.48 Å². The van der Waals surface area contributed by atoms with Gasteiger partial charge < -0.3 is 9.84 Å². The number of phenols is 1. The van der Waals surface area contributed by atoms with Gasteiger partial charge in [0.25, 0.3) is 0 Å². The minimum absolute atomic E-state index is 0.178. The summed E-state index contributed by atoms with van der Waals surface area (Å²) in [5.74, 6) is 0.669. The first kappa shape index (κ1) is 12.2. The van der Waals surface area contributed by atoms with Crippen molar-refractivity contribution < 1.29 is 14.7 Å². The Labute approximate surface area is 102 Å². The molecule has 1 saturated carbocycles. The first-order valence-electron chi connectivity index (χ1n) is 6.04. The van der Waals surface area contributed by atoms with Crippen LogP contribution in [0.5, 0.6) is 11.5 Å². The number of para-hydroxylation sites is 1. The number of hydrogen-bond acceptors (Lipinski definition) is 4. The molecule has 4 heteroatoms. The van der Waals surface area contributed by atoms with E-state index in [1.807, 2.05) is 12.1 Å². The van der Waals surface area contributed by atoms with Crippen LogP contribution < -0.4 is 10.2 Å². The first-order chi connectivity index (χ1) is 8.31. The van der Waals surface area contributed by atoms with Crippen LogP contribution in [0.25, 0.3) is 0 Å². The third-order valence-electron chi connectivity index (χ3n) is 3.12. The third-order valence-corrected chi connectivity index (χ3v) is 3.12. The summed E-state index contributed by atoms with van der Waals surface area (Å²) >= 11 is 0. The monoisotopic (exact) mass is 237 g/mol. The second kappa shape index (κ2) is 5.89. The molecule has 1 fully saturated rings. The molecular weight excluding hydrogens is 218 g/mol. The van der Waals surface area contributed by atoms with Gasteiger partial charge in [-0.1, -0.05) is 25.0 Å². The van der Waals surface area contributed by atoms with Gasteiger partial charge in [-0.05, 0) is 18.9 Å². The highest BCUT2D eigenvalue weighted by molar-refractivity contribution is 5.45. The van der Waals surface area contributed by atoms with Crippen LogP contribution in [-0.2, 0) is 11.4 Å². The van der Waals surface area contributed by atoms with Crippen LogP contribution >= 0.6 is 0 Å². The van der Waals surface area contributed by atoms with E-state index in [0.717, 1.165) is 18.4 Å². The topological polar surface area (TPSA) is 50.7 Å². The van der Waals surface area contributed by atoms with Crippen molar-refractivity contribution in [3.05, 3.63) is 23.8 Å². The van der Waals surface area contributed by atoms with Crippen LogP contribution in [-0.4, -0.2) is 18.3 Å². The summed E-state index contributed by atoms with van der Waals surface area (Å²) in [4.78, 5) is 5.53. The van der Waals surface area contributed by atoms with Crippen molar-refractivity contribution in [1.29, 1.82) is 0 Å². The number of nitrogens with one attached hydrogen (secondary N) is 1. The van der Waals surface area contributed by atoms with Gasteiger partial charge in [-0.3, -0.25) is 4.84 Å². The molecule has 1 aliphatic rings. The van der Waals surface area contributed by atoms with Crippen molar-refractivity contribution >= 4 is 0 Å². The molecule has 0 saturated heterocycles. The molecule has 94 valence electrons. The third kappa shape index (κ3) is 3.11. The van der Waals surface area contributed by atoms with E-state index in [9.17, 15) is 5.11 Å². The summed E-state index contributed by atoms with van der Waals surface area (Å²) in [6.45, 7) is 0.486. The van der Waals surface area contributed by atoms with E-state index in [2.05, 4.69) is 5.48 Å². The zero-order valence-electron chi connectivity index (χ0n) is 10.1. The number of benzene rings is 1. The number of aromatic hydroxyl groups is 1. The molecule has 2 rings (SSSR count). The minimum atomic E-state index is 0.178. The maximum atomic E-state index is 9.86. The van der Waals surface area contributed by atoms with E-state index < -0.39 is 0 Å². The Morgan fingerprint density at radius 3 is 2.82 bits per heavy atom. The van der Waals surface area contributed by atoms with Crippen LogP contribution in [0.3, 0.4) is 0 Å². The average Bonchev–Trinajstić information content (AvgIpc) is 2.84. The Morgan fingerprint density at radius 2 is 2.12 bits per heavy atom. The second-order valence-corrected chi connectivity index (χ2v) is 4.31. The molecule has 2 N–H and O–H groups in total. The quantitative estimate of drug-likeness (QED) is 0.772. The van der Waals surface area contributed by atoms with Gasteiger partial charge in [-0.15, -0.1) is 0 Å². The number of phenolic OH excluding ortho intramolecular Hbond substituents is 1. The summed E-state index contributed by atoms with van der Waals surface area (Å²) in [7, 11) is 1.54. The van der Waals surface area contributed by atoms with Crippen LogP contribution in [0.1, 0.15) is 31.2 Å². The van der Waals surface area contributed by atoms with Crippen molar-refractivity contribution in [2.75, 3.05) is 7.11 Å². The lowest BCUT2D eigenvalue weighted by Crippen LogP contribution is -2.21. The summed E-state index contributed by atoms with van der Waals surface area (Å²) in [5, 5.41) is 9.86. The van der Waals surface area contributed by atoms with E-state index >= 15 is 0 Å². The van der Waals surface area contributed by atoms with Gasteiger partial charge in [0.2, 0.25) is 0 Å². The average molecular weight is 237 g/mol. The molecule has 1 aliphatic carbocycles. The Bertz CT molecular complexity index is 362. The van der Waals surface area contributed by atoms with Crippen molar-refractivity contribution in [2.24, 2.45) is 0 Å². The van der Waals surface area contributed by atoms with Gasteiger partial charge in [-0.25, -0.2) is 0 Å². The zero-order chi connectivity index (χ0) is 12.1. The van der Waals surface area contributed by atoms with Gasteiger partial charge in [0.1, 0.15) is 0 Å². The standard InChI is InChI=1S/C13H19NO3/c1-16-12-8-4-5-10(13(12)15)9-14-17-11-6-2-3-7-11/h4-5,8,11,14-15H,2-3,6-7,9H2,1H3. The minimum Gasteiger partial charge on any atom is -0.504 e. The predicted molar refractivity (Wildman–Crippen MR) is 64.8 cm³/mol. The smallest absolute Gasteiger partial charge is 0.162 e. The molecule has 0 amide bonds. The Kier molecular flexibility index (Phi) is 4.23. The van der Waals surface area contributed by atoms with Crippen LogP contribution in [0.4, 0.5) is 0 Å². The van der Waals surface area contributed by atoms with Crippen LogP contribution in [0, 0.1) is 0 Å². The number of methoxy groups -OCH3 is 1. The van der Waals surface area contributed by atoms with Crippen molar-refractivity contribution in [3.63, 3.8) is 0 Å². The van der Waals surface area contributed by atoms with Crippen molar-refractivity contribution in [2.45, 2.75) is 38.3 Å². The lowest BCUT2D eigenvalue weighted by Gasteiger charge is -2.13. The fourth-order valence-electron chi connectivity index (χ4n) is 2.12. The van der Waals surface area contributed by atoms with Gasteiger partial charge in [0, 0.05) is 12.1 Å². The Balaban J connectivity index is 1.85. The molecule has 1 aromatic rings. The highest BCUT2D eigenvalue weighted by Crippen LogP contribution is 2.29. The Hall–Kier alpha value is -1.26. The molecule has 0 aromatic heterocycles. The van der Waals surface area contributed by atoms with E-state index in [0.29, 0.717) is 18.4 Å². The summed E-state index contributed by atoms with van der Waals surface area (Å²) in [6, 6.07) is 5.44. The van der Waals surface area contributed by atoms with Gasteiger partial charge in [0.05, 0.1) is 13.2 Å². The number of rotatable bonds is 5. The molecule has 0 spiro atoms. The molecule has 0 radical (unpaired) electrons. The molecule has 0 atom stereocenters. The number of ether oxygens (including phenoxy) is 1. The van der Waals surface area contributed by atoms with Gasteiger partial charge in [-0.2, -0.15) is 5.48 Å². The van der Waals surface area contributed by atoms with E-state index in [-0.39, 0.29) is 5.75 Å². The van der Waals surface area contributed by atoms with E-state index in [4.69, 9.17) is 9.57 Å². The molecular formula is C13H19NO3. The fourth-order valence-corrected chi connectivity index (χ4v) is 2.12. The SMILES string of the molecule is COc1cccc(CNOC2CCCC2)c1O. The molecule has 1 aromatic carbocycles. The largest absolute Gasteiger partial charge is 0.504 e. The number of hydrogen-bond donors (Lipinski definition) is 2. The maximum Gasteiger partial charge on any atom is 0.162 e. The van der Waals surface area contributed by atoms with Crippen LogP contribution in [0.15, 0.2) is 18.2 Å². The molecule has 0 bridgehead atoms. The summed E-state index contributed by atoms with van der Waals surface area (Å²) < 4.78 is 5.05. The molecule has 0 heterocycles. The fraction of sp³-hybridized carbons (Fsp3) is 0.538. The Morgan fingerprint density at radius 1 is 1.35 bits per heavy atom. The van der Waals surface area contributed by atoms with Gasteiger partial charge >= 0.3 is 0 Å². The summed E-state index contributed by atoms with van der Waals surface area (Å²) in [5.41, 5.74) is 3.70. The lowest BCUT2D eigenvalue weighted by molar-refractivity contribution is -0.0246.